The molecule has 2 amide bonds. The average molecular weight is 355 g/mol. The lowest BCUT2D eigenvalue weighted by Crippen LogP contribution is -2.16. The minimum absolute atomic E-state index is 0.134. The number of hydrogen-bond acceptors (Lipinski definition) is 2. The maximum absolute atomic E-state index is 13.8. The van der Waals surface area contributed by atoms with E-state index in [0.29, 0.717) is 0 Å². The van der Waals surface area contributed by atoms with Gasteiger partial charge in [-0.05, 0) is 46.3 Å². The molecule has 0 aliphatic heterocycles. The van der Waals surface area contributed by atoms with E-state index in [9.17, 15) is 18.4 Å². The van der Waals surface area contributed by atoms with Crippen molar-refractivity contribution in [2.75, 3.05) is 5.32 Å². The van der Waals surface area contributed by atoms with E-state index in [2.05, 4.69) is 21.2 Å². The fourth-order valence-electron chi connectivity index (χ4n) is 1.67. The summed E-state index contributed by atoms with van der Waals surface area (Å²) in [5, 5.41) is 2.37. The fourth-order valence-corrected chi connectivity index (χ4v) is 2.04. The SMILES string of the molecule is NC(=O)c1cc(NC(=O)c2cccc(Br)c2F)ccc1F. The van der Waals surface area contributed by atoms with E-state index in [1.807, 2.05) is 0 Å². The van der Waals surface area contributed by atoms with E-state index in [1.54, 1.807) is 0 Å². The molecule has 2 rings (SSSR count). The van der Waals surface area contributed by atoms with Crippen LogP contribution in [-0.2, 0) is 0 Å². The smallest absolute Gasteiger partial charge is 0.258 e. The average Bonchev–Trinajstić information content (AvgIpc) is 2.43. The highest BCUT2D eigenvalue weighted by Gasteiger charge is 2.15. The van der Waals surface area contributed by atoms with Crippen molar-refractivity contribution in [1.82, 2.24) is 0 Å². The summed E-state index contributed by atoms with van der Waals surface area (Å²) in [6.45, 7) is 0. The molecule has 21 heavy (non-hydrogen) atoms. The molecule has 2 aromatic rings. The van der Waals surface area contributed by atoms with Gasteiger partial charge in [0.15, 0.2) is 0 Å². The first-order chi connectivity index (χ1) is 9.90. The van der Waals surface area contributed by atoms with Gasteiger partial charge in [0.2, 0.25) is 0 Å². The van der Waals surface area contributed by atoms with Crippen LogP contribution in [0.3, 0.4) is 0 Å². The van der Waals surface area contributed by atoms with E-state index in [1.165, 1.54) is 24.3 Å². The van der Waals surface area contributed by atoms with Crippen molar-refractivity contribution in [3.63, 3.8) is 0 Å². The number of anilines is 1. The monoisotopic (exact) mass is 354 g/mol. The first kappa shape index (κ1) is 15.1. The van der Waals surface area contributed by atoms with E-state index in [-0.39, 0.29) is 21.3 Å². The molecule has 0 spiro atoms. The van der Waals surface area contributed by atoms with Crippen molar-refractivity contribution < 1.29 is 18.4 Å². The van der Waals surface area contributed by atoms with E-state index in [4.69, 9.17) is 5.73 Å². The van der Waals surface area contributed by atoms with Crippen molar-refractivity contribution in [3.05, 3.63) is 63.6 Å². The van der Waals surface area contributed by atoms with Crippen molar-refractivity contribution >= 4 is 33.4 Å². The van der Waals surface area contributed by atoms with Gasteiger partial charge in [-0.1, -0.05) is 6.07 Å². The molecule has 0 bridgehead atoms. The van der Waals surface area contributed by atoms with Crippen molar-refractivity contribution in [2.45, 2.75) is 0 Å². The summed E-state index contributed by atoms with van der Waals surface area (Å²) in [4.78, 5) is 23.0. The van der Waals surface area contributed by atoms with Crippen molar-refractivity contribution in [2.24, 2.45) is 5.73 Å². The van der Waals surface area contributed by atoms with Crippen LogP contribution in [0, 0.1) is 11.6 Å². The number of rotatable bonds is 3. The van der Waals surface area contributed by atoms with Crippen LogP contribution in [0.2, 0.25) is 0 Å². The molecule has 0 aromatic heterocycles. The zero-order chi connectivity index (χ0) is 15.6. The predicted molar refractivity (Wildman–Crippen MR) is 77.0 cm³/mol. The van der Waals surface area contributed by atoms with Gasteiger partial charge in [-0.15, -0.1) is 0 Å². The first-order valence-corrected chi connectivity index (χ1v) is 6.54. The molecule has 0 radical (unpaired) electrons. The second-order valence-electron chi connectivity index (χ2n) is 4.11. The Morgan fingerprint density at radius 1 is 1.10 bits per heavy atom. The Labute approximate surface area is 127 Å². The van der Waals surface area contributed by atoms with Crippen LogP contribution in [0.15, 0.2) is 40.9 Å². The number of hydrogen-bond donors (Lipinski definition) is 2. The molecule has 0 fully saturated rings. The summed E-state index contributed by atoms with van der Waals surface area (Å²) in [6.07, 6.45) is 0. The standard InChI is InChI=1S/C14H9BrF2N2O2/c15-10-3-1-2-8(12(10)17)14(21)19-7-4-5-11(16)9(6-7)13(18)20/h1-6H,(H2,18,20)(H,19,21). The number of benzene rings is 2. The second-order valence-corrected chi connectivity index (χ2v) is 4.97. The normalized spacial score (nSPS) is 10.2. The van der Waals surface area contributed by atoms with Gasteiger partial charge in [0.05, 0.1) is 15.6 Å². The van der Waals surface area contributed by atoms with Gasteiger partial charge < -0.3 is 11.1 Å². The molecule has 2 aromatic carbocycles. The molecule has 0 aliphatic carbocycles. The van der Waals surface area contributed by atoms with Crippen molar-refractivity contribution in [3.8, 4) is 0 Å². The van der Waals surface area contributed by atoms with Crippen LogP contribution < -0.4 is 11.1 Å². The molecule has 0 saturated heterocycles. The molecular weight excluding hydrogens is 346 g/mol. The number of nitrogens with two attached hydrogens (primary N) is 1. The third kappa shape index (κ3) is 3.25. The summed E-state index contributed by atoms with van der Waals surface area (Å²) >= 11 is 2.97. The third-order valence-electron chi connectivity index (χ3n) is 2.69. The number of primary amides is 1. The highest BCUT2D eigenvalue weighted by Crippen LogP contribution is 2.20. The Morgan fingerprint density at radius 3 is 2.48 bits per heavy atom. The zero-order valence-corrected chi connectivity index (χ0v) is 12.1. The zero-order valence-electron chi connectivity index (χ0n) is 10.5. The molecule has 108 valence electrons. The summed E-state index contributed by atoms with van der Waals surface area (Å²) in [6, 6.07) is 7.58. The lowest BCUT2D eigenvalue weighted by molar-refractivity contribution is 0.0992. The number of halogens is 3. The fraction of sp³-hybridized carbons (Fsp3) is 0. The van der Waals surface area contributed by atoms with Gasteiger partial charge in [0, 0.05) is 5.69 Å². The number of nitrogens with one attached hydrogen (secondary N) is 1. The van der Waals surface area contributed by atoms with Gasteiger partial charge in [0.1, 0.15) is 11.6 Å². The van der Waals surface area contributed by atoms with Gasteiger partial charge in [-0.2, -0.15) is 0 Å². The van der Waals surface area contributed by atoms with Gasteiger partial charge >= 0.3 is 0 Å². The summed E-state index contributed by atoms with van der Waals surface area (Å²) in [7, 11) is 0. The molecule has 4 nitrogen and oxygen atoms in total. The molecule has 0 unspecified atom stereocenters. The molecule has 0 saturated carbocycles. The second kappa shape index (κ2) is 6.01. The minimum Gasteiger partial charge on any atom is -0.366 e. The molecule has 7 heteroatoms. The summed E-state index contributed by atoms with van der Waals surface area (Å²) in [5.41, 5.74) is 4.60. The van der Waals surface area contributed by atoms with Gasteiger partial charge in [0.25, 0.3) is 11.8 Å². The van der Waals surface area contributed by atoms with Crippen molar-refractivity contribution in [1.29, 1.82) is 0 Å². The largest absolute Gasteiger partial charge is 0.366 e. The highest BCUT2D eigenvalue weighted by atomic mass is 79.9. The quantitative estimate of drug-likeness (QED) is 0.888. The van der Waals surface area contributed by atoms with Gasteiger partial charge in [-0.25, -0.2) is 8.78 Å². The third-order valence-corrected chi connectivity index (χ3v) is 3.30. The molecule has 3 N–H and O–H groups in total. The number of carbonyl (C=O) groups excluding carboxylic acids is 2. The molecule has 0 heterocycles. The maximum atomic E-state index is 13.8. The molecule has 0 atom stereocenters. The summed E-state index contributed by atoms with van der Waals surface area (Å²) in [5.74, 6) is -3.20. The lowest BCUT2D eigenvalue weighted by Gasteiger charge is -2.08. The van der Waals surface area contributed by atoms with E-state index < -0.39 is 23.4 Å². The Hall–Kier alpha value is -2.28. The van der Waals surface area contributed by atoms with Crippen LogP contribution in [0.5, 0.6) is 0 Å². The van der Waals surface area contributed by atoms with Crippen LogP contribution in [-0.4, -0.2) is 11.8 Å². The number of carbonyl (C=O) groups is 2. The minimum atomic E-state index is -0.961. The predicted octanol–water partition coefficient (Wildman–Crippen LogP) is 3.08. The maximum Gasteiger partial charge on any atom is 0.258 e. The molecular formula is C14H9BrF2N2O2. The Balaban J connectivity index is 2.30. The first-order valence-electron chi connectivity index (χ1n) is 5.75. The van der Waals surface area contributed by atoms with Gasteiger partial charge in [-0.3, -0.25) is 9.59 Å². The highest BCUT2D eigenvalue weighted by molar-refractivity contribution is 9.10. The molecule has 0 aliphatic rings. The van der Waals surface area contributed by atoms with Crippen LogP contribution >= 0.6 is 15.9 Å². The Morgan fingerprint density at radius 2 is 1.81 bits per heavy atom. The lowest BCUT2D eigenvalue weighted by atomic mass is 10.1. The Kier molecular flexibility index (Phi) is 4.32. The van der Waals surface area contributed by atoms with Crippen LogP contribution in [0.4, 0.5) is 14.5 Å². The van der Waals surface area contributed by atoms with E-state index >= 15 is 0 Å². The summed E-state index contributed by atoms with van der Waals surface area (Å²) < 4.78 is 27.2. The van der Waals surface area contributed by atoms with Crippen LogP contribution in [0.1, 0.15) is 20.7 Å². The Bertz CT molecular complexity index is 735. The van der Waals surface area contributed by atoms with E-state index in [0.717, 1.165) is 12.1 Å². The topological polar surface area (TPSA) is 72.2 Å². The number of amides is 2. The van der Waals surface area contributed by atoms with Crippen LogP contribution in [0.25, 0.3) is 0 Å².